The average Bonchev–Trinajstić information content (AvgIpc) is 3.25. The normalized spacial score (nSPS) is 21.4. The van der Waals surface area contributed by atoms with Crippen molar-refractivity contribution < 1.29 is 4.79 Å². The summed E-state index contributed by atoms with van der Waals surface area (Å²) >= 11 is 1.57. The first kappa shape index (κ1) is 14.5. The number of carbonyl (C=O) groups excluding carboxylic acids is 1. The molecule has 2 aromatic heterocycles. The maximum Gasteiger partial charge on any atom is 0.261 e. The van der Waals surface area contributed by atoms with Crippen LogP contribution in [-0.4, -0.2) is 21.7 Å². The molecule has 23 heavy (non-hydrogen) atoms. The van der Waals surface area contributed by atoms with Crippen LogP contribution in [0.15, 0.2) is 48.8 Å². The van der Waals surface area contributed by atoms with Crippen LogP contribution in [0.1, 0.15) is 41.4 Å². The van der Waals surface area contributed by atoms with Gasteiger partial charge >= 0.3 is 0 Å². The highest BCUT2D eigenvalue weighted by atomic mass is 32.1. The second-order valence-corrected chi connectivity index (χ2v) is 7.20. The third kappa shape index (κ3) is 3.01. The Bertz CT molecular complexity index is 768. The Kier molecular flexibility index (Phi) is 3.87. The van der Waals surface area contributed by atoms with Crippen LogP contribution in [0.3, 0.4) is 0 Å². The zero-order valence-electron chi connectivity index (χ0n) is 12.8. The molecule has 0 spiro atoms. The molecule has 1 saturated carbocycles. The molecule has 0 radical (unpaired) electrons. The van der Waals surface area contributed by atoms with E-state index in [0.717, 1.165) is 35.9 Å². The van der Waals surface area contributed by atoms with E-state index in [2.05, 4.69) is 22.5 Å². The Morgan fingerprint density at radius 1 is 1.17 bits per heavy atom. The minimum absolute atomic E-state index is 0.0636. The number of amides is 1. The molecule has 0 bridgehead atoms. The van der Waals surface area contributed by atoms with Gasteiger partial charge in [-0.05, 0) is 49.3 Å². The molecule has 1 amide bonds. The average molecular weight is 325 g/mol. The van der Waals surface area contributed by atoms with Crippen molar-refractivity contribution in [2.45, 2.75) is 37.8 Å². The standard InChI is InChI=1S/C18H19N3OS/c22-18(17-12-13-4-1-2-5-16(13)23-17)20-14-6-8-15(9-7-14)21-11-3-10-19-21/h1-5,10-12,14-15H,6-9H2,(H,20,22). The number of rotatable bonds is 3. The molecule has 4 rings (SSSR count). The molecule has 5 heteroatoms. The van der Waals surface area contributed by atoms with Crippen molar-refractivity contribution in [1.82, 2.24) is 15.1 Å². The molecular weight excluding hydrogens is 306 g/mol. The first-order chi connectivity index (χ1) is 11.3. The lowest BCUT2D eigenvalue weighted by atomic mass is 9.91. The molecule has 1 aromatic carbocycles. The van der Waals surface area contributed by atoms with Gasteiger partial charge in [-0.3, -0.25) is 9.48 Å². The van der Waals surface area contributed by atoms with E-state index < -0.39 is 0 Å². The highest BCUT2D eigenvalue weighted by Crippen LogP contribution is 2.29. The monoisotopic (exact) mass is 325 g/mol. The first-order valence-corrected chi connectivity index (χ1v) is 8.90. The highest BCUT2D eigenvalue weighted by Gasteiger charge is 2.24. The number of carbonyl (C=O) groups is 1. The van der Waals surface area contributed by atoms with Crippen molar-refractivity contribution >= 4 is 27.3 Å². The predicted octanol–water partition coefficient (Wildman–Crippen LogP) is 4.01. The van der Waals surface area contributed by atoms with E-state index in [-0.39, 0.29) is 11.9 Å². The van der Waals surface area contributed by atoms with Crippen molar-refractivity contribution in [2.75, 3.05) is 0 Å². The second-order valence-electron chi connectivity index (χ2n) is 6.11. The number of thiophene rings is 1. The van der Waals surface area contributed by atoms with Crippen LogP contribution < -0.4 is 5.32 Å². The molecule has 0 saturated heterocycles. The minimum atomic E-state index is 0.0636. The third-order valence-electron chi connectivity index (χ3n) is 4.58. The highest BCUT2D eigenvalue weighted by molar-refractivity contribution is 7.20. The molecule has 2 heterocycles. The van der Waals surface area contributed by atoms with E-state index >= 15 is 0 Å². The summed E-state index contributed by atoms with van der Waals surface area (Å²) in [7, 11) is 0. The summed E-state index contributed by atoms with van der Waals surface area (Å²) in [5, 5.41) is 8.68. The summed E-state index contributed by atoms with van der Waals surface area (Å²) < 4.78 is 3.21. The fraction of sp³-hybridized carbons (Fsp3) is 0.333. The third-order valence-corrected chi connectivity index (χ3v) is 5.70. The summed E-state index contributed by atoms with van der Waals surface area (Å²) in [4.78, 5) is 13.3. The fourth-order valence-corrected chi connectivity index (χ4v) is 4.30. The smallest absolute Gasteiger partial charge is 0.261 e. The van der Waals surface area contributed by atoms with Crippen molar-refractivity contribution in [2.24, 2.45) is 0 Å². The van der Waals surface area contributed by atoms with Crippen molar-refractivity contribution in [3.8, 4) is 0 Å². The number of benzene rings is 1. The van der Waals surface area contributed by atoms with E-state index in [1.807, 2.05) is 41.3 Å². The Morgan fingerprint density at radius 3 is 2.74 bits per heavy atom. The predicted molar refractivity (Wildman–Crippen MR) is 92.8 cm³/mol. The van der Waals surface area contributed by atoms with Crippen LogP contribution in [0.5, 0.6) is 0 Å². The van der Waals surface area contributed by atoms with Crippen molar-refractivity contribution in [3.63, 3.8) is 0 Å². The van der Waals surface area contributed by atoms with Crippen LogP contribution in [0.25, 0.3) is 10.1 Å². The Labute approximate surface area is 139 Å². The van der Waals surface area contributed by atoms with Gasteiger partial charge in [-0.25, -0.2) is 0 Å². The number of fused-ring (bicyclic) bond motifs is 1. The fourth-order valence-electron chi connectivity index (χ4n) is 3.33. The first-order valence-electron chi connectivity index (χ1n) is 8.08. The van der Waals surface area contributed by atoms with E-state index in [4.69, 9.17) is 0 Å². The molecule has 0 atom stereocenters. The SMILES string of the molecule is O=C(NC1CCC(n2cccn2)CC1)c1cc2ccccc2s1. The maximum atomic E-state index is 12.5. The molecule has 1 aliphatic carbocycles. The van der Waals surface area contributed by atoms with Gasteiger partial charge in [0.2, 0.25) is 0 Å². The topological polar surface area (TPSA) is 46.9 Å². The van der Waals surface area contributed by atoms with E-state index in [0.29, 0.717) is 6.04 Å². The van der Waals surface area contributed by atoms with Crippen LogP contribution in [-0.2, 0) is 0 Å². The summed E-state index contributed by atoms with van der Waals surface area (Å²) in [6, 6.07) is 12.8. The second kappa shape index (κ2) is 6.16. The maximum absolute atomic E-state index is 12.5. The van der Waals surface area contributed by atoms with Gasteiger partial charge in [0, 0.05) is 23.1 Å². The van der Waals surface area contributed by atoms with Gasteiger partial charge in [-0.1, -0.05) is 18.2 Å². The van der Waals surface area contributed by atoms with Gasteiger partial charge in [0.15, 0.2) is 0 Å². The van der Waals surface area contributed by atoms with Gasteiger partial charge in [-0.15, -0.1) is 11.3 Å². The van der Waals surface area contributed by atoms with Gasteiger partial charge < -0.3 is 5.32 Å². The molecule has 118 valence electrons. The number of hydrogen-bond acceptors (Lipinski definition) is 3. The van der Waals surface area contributed by atoms with Gasteiger partial charge in [0.25, 0.3) is 5.91 Å². The molecule has 1 N–H and O–H groups in total. The van der Waals surface area contributed by atoms with Gasteiger partial charge in [-0.2, -0.15) is 5.10 Å². The Balaban J connectivity index is 1.38. The van der Waals surface area contributed by atoms with E-state index in [9.17, 15) is 4.79 Å². The molecule has 1 aliphatic rings. The lowest BCUT2D eigenvalue weighted by molar-refractivity contribution is 0.0926. The lowest BCUT2D eigenvalue weighted by Crippen LogP contribution is -2.37. The van der Waals surface area contributed by atoms with Crippen LogP contribution >= 0.6 is 11.3 Å². The van der Waals surface area contributed by atoms with Gasteiger partial charge in [0.05, 0.1) is 10.9 Å². The molecule has 1 fully saturated rings. The number of nitrogens with one attached hydrogen (secondary N) is 1. The van der Waals surface area contributed by atoms with Gasteiger partial charge in [0.1, 0.15) is 0 Å². The van der Waals surface area contributed by atoms with E-state index in [1.54, 1.807) is 11.3 Å². The molecular formula is C18H19N3OS. The van der Waals surface area contributed by atoms with Crippen LogP contribution in [0.2, 0.25) is 0 Å². The number of nitrogens with zero attached hydrogens (tertiary/aromatic N) is 2. The minimum Gasteiger partial charge on any atom is -0.349 e. The number of hydrogen-bond donors (Lipinski definition) is 1. The molecule has 0 aliphatic heterocycles. The molecule has 0 unspecified atom stereocenters. The summed E-state index contributed by atoms with van der Waals surface area (Å²) in [6.07, 6.45) is 8.02. The largest absolute Gasteiger partial charge is 0.349 e. The van der Waals surface area contributed by atoms with Crippen LogP contribution in [0, 0.1) is 0 Å². The van der Waals surface area contributed by atoms with E-state index in [1.165, 1.54) is 4.70 Å². The number of aromatic nitrogens is 2. The summed E-state index contributed by atoms with van der Waals surface area (Å²) in [5.74, 6) is 0.0636. The Hall–Kier alpha value is -2.14. The lowest BCUT2D eigenvalue weighted by Gasteiger charge is -2.29. The Morgan fingerprint density at radius 2 is 2.00 bits per heavy atom. The summed E-state index contributed by atoms with van der Waals surface area (Å²) in [6.45, 7) is 0. The van der Waals surface area contributed by atoms with Crippen LogP contribution in [0.4, 0.5) is 0 Å². The van der Waals surface area contributed by atoms with Crippen molar-refractivity contribution in [1.29, 1.82) is 0 Å². The zero-order valence-corrected chi connectivity index (χ0v) is 13.6. The molecule has 4 nitrogen and oxygen atoms in total. The summed E-state index contributed by atoms with van der Waals surface area (Å²) in [5.41, 5.74) is 0. The van der Waals surface area contributed by atoms with Crippen molar-refractivity contribution in [3.05, 3.63) is 53.7 Å². The molecule has 3 aromatic rings. The quantitative estimate of drug-likeness (QED) is 0.791. The zero-order chi connectivity index (χ0) is 15.6.